The molecule has 14 heavy (non-hydrogen) atoms. The Labute approximate surface area is 81.4 Å². The first-order chi connectivity index (χ1) is 6.19. The van der Waals surface area contributed by atoms with Gasteiger partial charge in [-0.25, -0.2) is 0 Å². The van der Waals surface area contributed by atoms with Crippen molar-refractivity contribution < 1.29 is 29.3 Å². The summed E-state index contributed by atoms with van der Waals surface area (Å²) in [6.45, 7) is 2.48. The van der Waals surface area contributed by atoms with Crippen molar-refractivity contribution in [2.75, 3.05) is 0 Å². The molecule has 0 aromatic carbocycles. The van der Waals surface area contributed by atoms with E-state index < -0.39 is 37.5 Å². The molecule has 0 aliphatic heterocycles. The summed E-state index contributed by atoms with van der Waals surface area (Å²) in [5.74, 6) is -2.56. The maximum Gasteiger partial charge on any atom is 0.309 e. The summed E-state index contributed by atoms with van der Waals surface area (Å²) < 4.78 is 10.8. The Morgan fingerprint density at radius 1 is 1.36 bits per heavy atom. The molecule has 0 aromatic rings. The maximum absolute atomic E-state index is 10.8. The number of carboxylic acids is 2. The number of hydrogen-bond donors (Lipinski definition) is 3. The van der Waals surface area contributed by atoms with Gasteiger partial charge in [-0.3, -0.25) is 14.2 Å². The van der Waals surface area contributed by atoms with Crippen LogP contribution < -0.4 is 0 Å². The molecule has 0 fully saturated rings. The zero-order valence-electron chi connectivity index (χ0n) is 7.85. The number of carbonyl (C=O) groups is 2. The Balaban J connectivity index is 4.91. The molecule has 6 nitrogen and oxygen atoms in total. The smallest absolute Gasteiger partial charge is 0.309 e. The third-order valence-electron chi connectivity index (χ3n) is 2.10. The number of aliphatic carboxylic acids is 2. The van der Waals surface area contributed by atoms with Crippen LogP contribution in [0, 0.1) is 5.41 Å². The first-order valence-corrected chi connectivity index (χ1v) is 5.31. The van der Waals surface area contributed by atoms with Crippen molar-refractivity contribution >= 4 is 20.0 Å². The number of carboxylic acid groups (broad SMARTS) is 2. The normalized spacial score (nSPS) is 15.9. The van der Waals surface area contributed by atoms with E-state index in [4.69, 9.17) is 15.1 Å². The van der Waals surface area contributed by atoms with Gasteiger partial charge in [0.1, 0.15) is 0 Å². The Morgan fingerprint density at radius 3 is 2.00 bits per heavy atom. The molecule has 0 radical (unpaired) electrons. The molecule has 0 bridgehead atoms. The molecule has 0 saturated carbocycles. The number of hydrogen-bond acceptors (Lipinski definition) is 3. The van der Waals surface area contributed by atoms with Gasteiger partial charge in [0.15, 0.2) is 8.03 Å². The lowest BCUT2D eigenvalue weighted by molar-refractivity contribution is -0.148. The van der Waals surface area contributed by atoms with Gasteiger partial charge in [0.05, 0.1) is 17.5 Å². The van der Waals surface area contributed by atoms with Gasteiger partial charge in [0, 0.05) is 0 Å². The van der Waals surface area contributed by atoms with E-state index in [0.29, 0.717) is 0 Å². The van der Waals surface area contributed by atoms with Gasteiger partial charge < -0.3 is 15.1 Å². The van der Waals surface area contributed by atoms with Gasteiger partial charge in [-0.15, -0.1) is 0 Å². The quantitative estimate of drug-likeness (QED) is 0.583. The van der Waals surface area contributed by atoms with E-state index in [1.54, 1.807) is 0 Å². The zero-order chi connectivity index (χ0) is 11.5. The SMILES string of the molecule is CC(C)(C(=O)O)C(CC(=O)O)[PH](=O)O. The summed E-state index contributed by atoms with van der Waals surface area (Å²) in [5, 5.41) is 17.2. The fourth-order valence-electron chi connectivity index (χ4n) is 0.975. The lowest BCUT2D eigenvalue weighted by Crippen LogP contribution is -2.36. The minimum atomic E-state index is -3.18. The third kappa shape index (κ3) is 3.12. The van der Waals surface area contributed by atoms with Gasteiger partial charge in [-0.1, -0.05) is 0 Å². The molecule has 0 aliphatic carbocycles. The first kappa shape index (κ1) is 13.1. The van der Waals surface area contributed by atoms with Crippen LogP contribution in [0.2, 0.25) is 0 Å². The van der Waals surface area contributed by atoms with E-state index >= 15 is 0 Å². The Morgan fingerprint density at radius 2 is 1.79 bits per heavy atom. The van der Waals surface area contributed by atoms with Crippen LogP contribution in [0.25, 0.3) is 0 Å². The highest BCUT2D eigenvalue weighted by atomic mass is 31.1. The Bertz CT molecular complexity index is 271. The summed E-state index contributed by atoms with van der Waals surface area (Å²) in [7, 11) is -3.18. The van der Waals surface area contributed by atoms with E-state index in [-0.39, 0.29) is 0 Å². The largest absolute Gasteiger partial charge is 0.481 e. The summed E-state index contributed by atoms with van der Waals surface area (Å²) in [6.07, 6.45) is -0.617. The lowest BCUT2D eigenvalue weighted by atomic mass is 9.87. The van der Waals surface area contributed by atoms with E-state index in [1.807, 2.05) is 0 Å². The molecule has 0 aliphatic rings. The fourth-order valence-corrected chi connectivity index (χ4v) is 2.06. The summed E-state index contributed by atoms with van der Waals surface area (Å²) >= 11 is 0. The van der Waals surface area contributed by atoms with Crippen LogP contribution in [0.1, 0.15) is 20.3 Å². The molecular weight excluding hydrogens is 211 g/mol. The molecule has 3 N–H and O–H groups in total. The van der Waals surface area contributed by atoms with Crippen molar-refractivity contribution in [3.05, 3.63) is 0 Å². The van der Waals surface area contributed by atoms with E-state index in [2.05, 4.69) is 0 Å². The molecule has 0 rings (SSSR count). The van der Waals surface area contributed by atoms with Crippen LogP contribution in [0.4, 0.5) is 0 Å². The zero-order valence-corrected chi connectivity index (χ0v) is 8.85. The van der Waals surface area contributed by atoms with E-state index in [0.717, 1.165) is 0 Å². The van der Waals surface area contributed by atoms with Crippen molar-refractivity contribution in [1.29, 1.82) is 0 Å². The predicted octanol–water partition coefficient (Wildman–Crippen LogP) is 0.407. The monoisotopic (exact) mass is 224 g/mol. The molecule has 82 valence electrons. The molecule has 0 spiro atoms. The van der Waals surface area contributed by atoms with Crippen molar-refractivity contribution in [2.45, 2.75) is 25.9 Å². The minimum Gasteiger partial charge on any atom is -0.481 e. The molecule has 0 heterocycles. The maximum atomic E-state index is 10.8. The first-order valence-electron chi connectivity index (χ1n) is 3.87. The standard InChI is InChI=1S/C7H13O6P/c1-7(2,6(10)11)4(14(12)13)3-5(8)9/h4,14H,3H2,1-2H3,(H,8,9)(H,10,11)(H,12,13). The Kier molecular flexibility index (Phi) is 4.29. The summed E-state index contributed by atoms with van der Waals surface area (Å²) in [4.78, 5) is 29.9. The minimum absolute atomic E-state index is 0.617. The van der Waals surface area contributed by atoms with Gasteiger partial charge in [0.2, 0.25) is 0 Å². The Hall–Kier alpha value is -0.870. The highest BCUT2D eigenvalue weighted by molar-refractivity contribution is 7.39. The molecule has 7 heteroatoms. The van der Waals surface area contributed by atoms with Gasteiger partial charge in [0.25, 0.3) is 0 Å². The van der Waals surface area contributed by atoms with Crippen molar-refractivity contribution in [2.24, 2.45) is 5.41 Å². The second-order valence-electron chi connectivity index (χ2n) is 3.52. The molecule has 2 unspecified atom stereocenters. The van der Waals surface area contributed by atoms with Crippen LogP contribution >= 0.6 is 8.03 Å². The average Bonchev–Trinajstić information content (AvgIpc) is 1.98. The summed E-state index contributed by atoms with van der Waals surface area (Å²) in [6, 6.07) is 0. The van der Waals surface area contributed by atoms with Crippen molar-refractivity contribution in [3.63, 3.8) is 0 Å². The van der Waals surface area contributed by atoms with E-state index in [1.165, 1.54) is 13.8 Å². The van der Waals surface area contributed by atoms with Crippen LogP contribution in [0.3, 0.4) is 0 Å². The predicted molar refractivity (Wildman–Crippen MR) is 48.7 cm³/mol. The van der Waals surface area contributed by atoms with Gasteiger partial charge in [-0.2, -0.15) is 0 Å². The molecule has 2 atom stereocenters. The average molecular weight is 224 g/mol. The highest BCUT2D eigenvalue weighted by Gasteiger charge is 2.41. The second-order valence-corrected chi connectivity index (χ2v) is 4.89. The van der Waals surface area contributed by atoms with Gasteiger partial charge in [-0.05, 0) is 13.8 Å². The second kappa shape index (κ2) is 4.57. The number of rotatable bonds is 5. The van der Waals surface area contributed by atoms with Crippen molar-refractivity contribution in [1.82, 2.24) is 0 Å². The lowest BCUT2D eigenvalue weighted by Gasteiger charge is -2.26. The molecule has 0 aromatic heterocycles. The highest BCUT2D eigenvalue weighted by Crippen LogP contribution is 2.39. The molecule has 0 amide bonds. The summed E-state index contributed by atoms with van der Waals surface area (Å²) in [5.41, 5.74) is -2.76. The molecule has 0 saturated heterocycles. The van der Waals surface area contributed by atoms with Crippen LogP contribution in [0.5, 0.6) is 0 Å². The van der Waals surface area contributed by atoms with Gasteiger partial charge >= 0.3 is 11.9 Å². The topological polar surface area (TPSA) is 112 Å². The fraction of sp³-hybridized carbons (Fsp3) is 0.714. The van der Waals surface area contributed by atoms with Crippen LogP contribution in [0.15, 0.2) is 0 Å². The van der Waals surface area contributed by atoms with Crippen molar-refractivity contribution in [3.8, 4) is 0 Å². The molecular formula is C7H13O6P. The third-order valence-corrected chi connectivity index (χ3v) is 3.62. The van der Waals surface area contributed by atoms with E-state index in [9.17, 15) is 14.2 Å². The van der Waals surface area contributed by atoms with Crippen LogP contribution in [-0.4, -0.2) is 32.7 Å². The van der Waals surface area contributed by atoms with Crippen LogP contribution in [-0.2, 0) is 14.2 Å².